The normalized spacial score (nSPS) is 11.7. The topological polar surface area (TPSA) is 49.4 Å². The van der Waals surface area contributed by atoms with Crippen LogP contribution in [0.1, 0.15) is 47.6 Å². The molecule has 0 aliphatic rings. The summed E-state index contributed by atoms with van der Waals surface area (Å²) in [5.74, 6) is -0.160. The number of hydrogen-bond acceptors (Lipinski definition) is 2. The Morgan fingerprint density at radius 1 is 0.886 bits per heavy atom. The van der Waals surface area contributed by atoms with Gasteiger partial charge in [-0.25, -0.2) is 0 Å². The van der Waals surface area contributed by atoms with Gasteiger partial charge in [0.05, 0.1) is 6.42 Å². The van der Waals surface area contributed by atoms with Crippen molar-refractivity contribution < 1.29 is 9.59 Å². The molecule has 1 unspecified atom stereocenters. The Morgan fingerprint density at radius 3 is 2.23 bits per heavy atom. The van der Waals surface area contributed by atoms with E-state index >= 15 is 0 Å². The quantitative estimate of drug-likeness (QED) is 0.299. The van der Waals surface area contributed by atoms with Gasteiger partial charge in [0.1, 0.15) is 6.04 Å². The van der Waals surface area contributed by atoms with Crippen LogP contribution in [0.15, 0.2) is 77.3 Å². The summed E-state index contributed by atoms with van der Waals surface area (Å²) in [4.78, 5) is 29.1. The van der Waals surface area contributed by atoms with E-state index in [0.29, 0.717) is 19.5 Å². The molecule has 1 atom stereocenters. The third-order valence-corrected chi connectivity index (χ3v) is 6.47. The summed E-state index contributed by atoms with van der Waals surface area (Å²) in [7, 11) is 0. The summed E-state index contributed by atoms with van der Waals surface area (Å²) in [6.45, 7) is 7.15. The molecule has 0 spiro atoms. The van der Waals surface area contributed by atoms with Gasteiger partial charge in [-0.1, -0.05) is 101 Å². The largest absolute Gasteiger partial charge is 0.354 e. The van der Waals surface area contributed by atoms with E-state index < -0.39 is 6.04 Å². The average molecular weight is 536 g/mol. The lowest BCUT2D eigenvalue weighted by Crippen LogP contribution is -2.51. The maximum absolute atomic E-state index is 13.8. The van der Waals surface area contributed by atoms with Crippen molar-refractivity contribution in [1.29, 1.82) is 0 Å². The average Bonchev–Trinajstić information content (AvgIpc) is 2.81. The molecule has 5 heteroatoms. The van der Waals surface area contributed by atoms with Gasteiger partial charge in [0, 0.05) is 24.0 Å². The van der Waals surface area contributed by atoms with Gasteiger partial charge in [-0.15, -0.1) is 0 Å². The first kappa shape index (κ1) is 26.7. The molecule has 0 bridgehead atoms. The summed E-state index contributed by atoms with van der Waals surface area (Å²) in [6.07, 6.45) is 2.62. The van der Waals surface area contributed by atoms with E-state index in [9.17, 15) is 9.59 Å². The molecule has 3 aromatic rings. The maximum Gasteiger partial charge on any atom is 0.243 e. The molecule has 3 aromatic carbocycles. The van der Waals surface area contributed by atoms with Crippen LogP contribution in [0.25, 0.3) is 0 Å². The molecule has 4 nitrogen and oxygen atoms in total. The molecule has 3 rings (SSSR count). The van der Waals surface area contributed by atoms with Crippen LogP contribution < -0.4 is 5.32 Å². The fraction of sp³-hybridized carbons (Fsp3) is 0.333. The highest BCUT2D eigenvalue weighted by Gasteiger charge is 2.30. The SMILES string of the molecule is CCCCNC(=O)C(Cc1ccccc1)N(Cc1cccc(Br)c1)C(=O)Cc1cc(C)cc(C)c1. The van der Waals surface area contributed by atoms with Crippen molar-refractivity contribution in [3.8, 4) is 0 Å². The number of carbonyl (C=O) groups is 2. The molecule has 0 aliphatic heterocycles. The van der Waals surface area contributed by atoms with Crippen LogP contribution >= 0.6 is 15.9 Å². The number of amides is 2. The molecular formula is C30H35BrN2O2. The molecule has 184 valence electrons. The van der Waals surface area contributed by atoms with E-state index in [4.69, 9.17) is 0 Å². The Bertz CT molecular complexity index is 1110. The molecule has 1 N–H and O–H groups in total. The fourth-order valence-electron chi connectivity index (χ4n) is 4.34. The summed E-state index contributed by atoms with van der Waals surface area (Å²) in [5.41, 5.74) is 5.24. The van der Waals surface area contributed by atoms with E-state index in [1.807, 2.05) is 68.4 Å². The number of halogens is 1. The van der Waals surface area contributed by atoms with Crippen molar-refractivity contribution in [3.05, 3.63) is 105 Å². The molecule has 0 saturated carbocycles. The second kappa shape index (κ2) is 13.2. The van der Waals surface area contributed by atoms with Gasteiger partial charge in [-0.05, 0) is 49.1 Å². The van der Waals surface area contributed by atoms with Gasteiger partial charge in [0.25, 0.3) is 0 Å². The Labute approximate surface area is 217 Å². The molecule has 0 aliphatic carbocycles. The van der Waals surface area contributed by atoms with Crippen LogP contribution in [-0.4, -0.2) is 29.3 Å². The van der Waals surface area contributed by atoms with Crippen LogP contribution in [0.3, 0.4) is 0 Å². The highest BCUT2D eigenvalue weighted by Crippen LogP contribution is 2.20. The first-order valence-corrected chi connectivity index (χ1v) is 13.1. The highest BCUT2D eigenvalue weighted by atomic mass is 79.9. The number of aryl methyl sites for hydroxylation is 2. The Hall–Kier alpha value is -2.92. The van der Waals surface area contributed by atoms with E-state index in [-0.39, 0.29) is 18.2 Å². The number of rotatable bonds is 11. The fourth-order valence-corrected chi connectivity index (χ4v) is 4.79. The Morgan fingerprint density at radius 2 is 1.57 bits per heavy atom. The number of benzene rings is 3. The summed E-state index contributed by atoms with van der Waals surface area (Å²) < 4.78 is 0.948. The minimum Gasteiger partial charge on any atom is -0.354 e. The number of nitrogens with one attached hydrogen (secondary N) is 1. The number of nitrogens with zero attached hydrogens (tertiary/aromatic N) is 1. The number of unbranched alkanes of at least 4 members (excludes halogenated alkanes) is 1. The molecule has 0 aromatic heterocycles. The molecular weight excluding hydrogens is 500 g/mol. The smallest absolute Gasteiger partial charge is 0.243 e. The lowest BCUT2D eigenvalue weighted by Gasteiger charge is -2.32. The Balaban J connectivity index is 1.96. The van der Waals surface area contributed by atoms with Crippen molar-refractivity contribution >= 4 is 27.7 Å². The first-order valence-electron chi connectivity index (χ1n) is 12.3. The van der Waals surface area contributed by atoms with Crippen molar-refractivity contribution in [2.75, 3.05) is 6.54 Å². The zero-order chi connectivity index (χ0) is 25.2. The van der Waals surface area contributed by atoms with Gasteiger partial charge >= 0.3 is 0 Å². The van der Waals surface area contributed by atoms with Crippen molar-refractivity contribution in [2.24, 2.45) is 0 Å². The second-order valence-electron chi connectivity index (χ2n) is 9.17. The maximum atomic E-state index is 13.8. The van der Waals surface area contributed by atoms with Crippen LogP contribution in [-0.2, 0) is 29.0 Å². The second-order valence-corrected chi connectivity index (χ2v) is 10.1. The zero-order valence-corrected chi connectivity index (χ0v) is 22.5. The molecule has 2 amide bonds. The van der Waals surface area contributed by atoms with Gasteiger partial charge in [0.15, 0.2) is 0 Å². The van der Waals surface area contributed by atoms with Crippen molar-refractivity contribution in [1.82, 2.24) is 10.2 Å². The summed E-state index contributed by atoms with van der Waals surface area (Å²) in [6, 6.07) is 23.4. The highest BCUT2D eigenvalue weighted by molar-refractivity contribution is 9.10. The molecule has 0 fully saturated rings. The lowest BCUT2D eigenvalue weighted by molar-refractivity contribution is -0.140. The van der Waals surface area contributed by atoms with Crippen molar-refractivity contribution in [2.45, 2.75) is 59.0 Å². The van der Waals surface area contributed by atoms with Crippen LogP contribution in [0.5, 0.6) is 0 Å². The van der Waals surface area contributed by atoms with Crippen LogP contribution in [0, 0.1) is 13.8 Å². The van der Waals surface area contributed by atoms with E-state index in [0.717, 1.165) is 45.1 Å². The molecule has 35 heavy (non-hydrogen) atoms. The molecule has 0 saturated heterocycles. The van der Waals surface area contributed by atoms with Gasteiger partial charge in [-0.2, -0.15) is 0 Å². The molecule has 0 radical (unpaired) electrons. The lowest BCUT2D eigenvalue weighted by atomic mass is 10.00. The Kier molecular flexibility index (Phi) is 10.1. The van der Waals surface area contributed by atoms with E-state index in [1.165, 1.54) is 0 Å². The standard InChI is InChI=1S/C30H35BrN2O2/c1-4-5-14-32-30(35)28(19-24-10-7-6-8-11-24)33(21-25-12-9-13-27(31)18-25)29(34)20-26-16-22(2)15-23(3)17-26/h6-13,15-18,28H,4-5,14,19-21H2,1-3H3,(H,32,35). The van der Waals surface area contributed by atoms with Crippen molar-refractivity contribution in [3.63, 3.8) is 0 Å². The van der Waals surface area contributed by atoms with Gasteiger partial charge < -0.3 is 10.2 Å². The first-order chi connectivity index (χ1) is 16.9. The summed E-state index contributed by atoms with van der Waals surface area (Å²) in [5, 5.41) is 3.08. The van der Waals surface area contributed by atoms with E-state index in [1.54, 1.807) is 4.90 Å². The van der Waals surface area contributed by atoms with Crippen LogP contribution in [0.4, 0.5) is 0 Å². The third kappa shape index (κ3) is 8.36. The van der Waals surface area contributed by atoms with Crippen LogP contribution in [0.2, 0.25) is 0 Å². The third-order valence-electron chi connectivity index (χ3n) is 5.98. The van der Waals surface area contributed by atoms with E-state index in [2.05, 4.69) is 46.4 Å². The number of carbonyl (C=O) groups excluding carboxylic acids is 2. The molecule has 0 heterocycles. The summed E-state index contributed by atoms with van der Waals surface area (Å²) >= 11 is 3.54. The predicted octanol–water partition coefficient (Wildman–Crippen LogP) is 6.16. The minimum absolute atomic E-state index is 0.0541. The zero-order valence-electron chi connectivity index (χ0n) is 20.9. The predicted molar refractivity (Wildman–Crippen MR) is 146 cm³/mol. The van der Waals surface area contributed by atoms with Gasteiger partial charge in [-0.3, -0.25) is 9.59 Å². The van der Waals surface area contributed by atoms with Gasteiger partial charge in [0.2, 0.25) is 11.8 Å². The monoisotopic (exact) mass is 534 g/mol. The number of hydrogen-bond donors (Lipinski definition) is 1. The minimum atomic E-state index is -0.605.